The van der Waals surface area contributed by atoms with Crippen molar-refractivity contribution < 1.29 is 14.3 Å². The van der Waals surface area contributed by atoms with Gasteiger partial charge in [-0.3, -0.25) is 4.79 Å². The lowest BCUT2D eigenvalue weighted by Gasteiger charge is -2.24. The molecule has 1 atom stereocenters. The first-order chi connectivity index (χ1) is 9.48. The Hall–Kier alpha value is -1.46. The van der Waals surface area contributed by atoms with Gasteiger partial charge in [-0.2, -0.15) is 0 Å². The minimum absolute atomic E-state index is 0.224. The van der Waals surface area contributed by atoms with Crippen LogP contribution in [0.1, 0.15) is 19.8 Å². The average molecular weight is 297 g/mol. The standard InChI is InChI=1S/C14H17ClN2O3/c1-14(16,8-2-3-8)13(18)17-10-7-12-11(6-9(10)15)19-4-5-20-12/h6-8H,2-5,16H2,1H3,(H,17,18). The lowest BCUT2D eigenvalue weighted by Crippen LogP contribution is -2.50. The normalized spacial score (nSPS) is 20.1. The van der Waals surface area contributed by atoms with E-state index in [0.717, 1.165) is 12.8 Å². The molecule has 1 aliphatic carbocycles. The van der Waals surface area contributed by atoms with Gasteiger partial charge in [-0.25, -0.2) is 0 Å². The maximum atomic E-state index is 12.3. The van der Waals surface area contributed by atoms with Crippen molar-refractivity contribution in [3.05, 3.63) is 17.2 Å². The molecule has 0 radical (unpaired) electrons. The van der Waals surface area contributed by atoms with Crippen LogP contribution in [0.15, 0.2) is 12.1 Å². The Bertz CT molecular complexity index is 556. The van der Waals surface area contributed by atoms with Crippen LogP contribution >= 0.6 is 11.6 Å². The summed E-state index contributed by atoms with van der Waals surface area (Å²) in [7, 11) is 0. The van der Waals surface area contributed by atoms with E-state index in [-0.39, 0.29) is 11.8 Å². The molecule has 2 aliphatic rings. The van der Waals surface area contributed by atoms with Gasteiger partial charge in [0.05, 0.1) is 16.2 Å². The van der Waals surface area contributed by atoms with Gasteiger partial charge in [0.25, 0.3) is 0 Å². The minimum Gasteiger partial charge on any atom is -0.486 e. The van der Waals surface area contributed by atoms with Crippen molar-refractivity contribution >= 4 is 23.2 Å². The molecular weight excluding hydrogens is 280 g/mol. The van der Waals surface area contributed by atoms with E-state index < -0.39 is 5.54 Å². The Labute approximate surface area is 122 Å². The smallest absolute Gasteiger partial charge is 0.244 e. The molecule has 1 aliphatic heterocycles. The fourth-order valence-electron chi connectivity index (χ4n) is 2.29. The Morgan fingerprint density at radius 2 is 1.95 bits per heavy atom. The summed E-state index contributed by atoms with van der Waals surface area (Å²) < 4.78 is 10.9. The molecule has 0 saturated heterocycles. The molecule has 0 spiro atoms. The quantitative estimate of drug-likeness (QED) is 0.896. The maximum absolute atomic E-state index is 12.3. The molecule has 108 valence electrons. The molecule has 20 heavy (non-hydrogen) atoms. The van der Waals surface area contributed by atoms with Crippen LogP contribution in [-0.2, 0) is 4.79 Å². The topological polar surface area (TPSA) is 73.6 Å². The highest BCUT2D eigenvalue weighted by atomic mass is 35.5. The summed E-state index contributed by atoms with van der Waals surface area (Å²) in [6.45, 7) is 2.74. The van der Waals surface area contributed by atoms with Gasteiger partial charge < -0.3 is 20.5 Å². The van der Waals surface area contributed by atoms with Gasteiger partial charge in [0.2, 0.25) is 5.91 Å². The van der Waals surface area contributed by atoms with Crippen LogP contribution in [0.4, 0.5) is 5.69 Å². The third kappa shape index (κ3) is 2.43. The number of nitrogens with two attached hydrogens (primary N) is 1. The van der Waals surface area contributed by atoms with Crippen LogP contribution in [0.2, 0.25) is 5.02 Å². The highest BCUT2D eigenvalue weighted by Gasteiger charge is 2.44. The summed E-state index contributed by atoms with van der Waals surface area (Å²) in [6.07, 6.45) is 1.99. The number of benzene rings is 1. The fourth-order valence-corrected chi connectivity index (χ4v) is 2.49. The molecule has 0 bridgehead atoms. The number of hydrogen-bond donors (Lipinski definition) is 2. The minimum atomic E-state index is -0.864. The van der Waals surface area contributed by atoms with Gasteiger partial charge in [-0.05, 0) is 25.7 Å². The summed E-state index contributed by atoms with van der Waals surface area (Å²) in [5.74, 6) is 1.20. The third-order valence-electron chi connectivity index (χ3n) is 3.79. The zero-order chi connectivity index (χ0) is 14.3. The molecule has 1 saturated carbocycles. The van der Waals surface area contributed by atoms with E-state index in [1.54, 1.807) is 19.1 Å². The molecular formula is C14H17ClN2O3. The van der Waals surface area contributed by atoms with E-state index in [4.69, 9.17) is 26.8 Å². The molecule has 1 heterocycles. The number of carbonyl (C=O) groups excluding carboxylic acids is 1. The van der Waals surface area contributed by atoms with Crippen molar-refractivity contribution in [2.24, 2.45) is 11.7 Å². The third-order valence-corrected chi connectivity index (χ3v) is 4.11. The lowest BCUT2D eigenvalue weighted by molar-refractivity contribution is -0.121. The maximum Gasteiger partial charge on any atom is 0.244 e. The van der Waals surface area contributed by atoms with E-state index in [2.05, 4.69) is 5.32 Å². The Balaban J connectivity index is 1.82. The zero-order valence-corrected chi connectivity index (χ0v) is 12.0. The number of anilines is 1. The number of amides is 1. The Morgan fingerprint density at radius 1 is 1.35 bits per heavy atom. The van der Waals surface area contributed by atoms with E-state index in [1.165, 1.54) is 0 Å². The highest BCUT2D eigenvalue weighted by molar-refractivity contribution is 6.34. The number of fused-ring (bicyclic) bond motifs is 1. The van der Waals surface area contributed by atoms with Crippen LogP contribution in [-0.4, -0.2) is 24.7 Å². The number of ether oxygens (including phenoxy) is 2. The van der Waals surface area contributed by atoms with Gasteiger partial charge in [0, 0.05) is 12.1 Å². The van der Waals surface area contributed by atoms with Gasteiger partial charge in [0.1, 0.15) is 13.2 Å². The second kappa shape index (κ2) is 4.82. The van der Waals surface area contributed by atoms with E-state index in [0.29, 0.717) is 35.4 Å². The first-order valence-corrected chi connectivity index (χ1v) is 7.06. The summed E-state index contributed by atoms with van der Waals surface area (Å²) >= 11 is 6.16. The number of rotatable bonds is 3. The predicted molar refractivity (Wildman–Crippen MR) is 76.4 cm³/mol. The van der Waals surface area contributed by atoms with Crippen molar-refractivity contribution in [3.8, 4) is 11.5 Å². The van der Waals surface area contributed by atoms with E-state index >= 15 is 0 Å². The average Bonchev–Trinajstić information content (AvgIpc) is 3.24. The highest BCUT2D eigenvalue weighted by Crippen LogP contribution is 2.41. The summed E-state index contributed by atoms with van der Waals surface area (Å²) in [4.78, 5) is 12.3. The summed E-state index contributed by atoms with van der Waals surface area (Å²) in [6, 6.07) is 3.33. The van der Waals surface area contributed by atoms with Gasteiger partial charge in [-0.15, -0.1) is 0 Å². The molecule has 3 rings (SSSR count). The number of hydrogen-bond acceptors (Lipinski definition) is 4. The summed E-state index contributed by atoms with van der Waals surface area (Å²) in [5, 5.41) is 3.20. The van der Waals surface area contributed by atoms with E-state index in [1.807, 2.05) is 0 Å². The van der Waals surface area contributed by atoms with Crippen molar-refractivity contribution in [2.45, 2.75) is 25.3 Å². The predicted octanol–water partition coefficient (Wildman–Crippen LogP) is 2.18. The van der Waals surface area contributed by atoms with Crippen LogP contribution in [0, 0.1) is 5.92 Å². The van der Waals surface area contributed by atoms with Crippen molar-refractivity contribution in [2.75, 3.05) is 18.5 Å². The molecule has 0 aromatic heterocycles. The molecule has 1 unspecified atom stereocenters. The first-order valence-electron chi connectivity index (χ1n) is 6.68. The molecule has 3 N–H and O–H groups in total. The van der Waals surface area contributed by atoms with Crippen LogP contribution < -0.4 is 20.5 Å². The van der Waals surface area contributed by atoms with Crippen LogP contribution in [0.5, 0.6) is 11.5 Å². The Morgan fingerprint density at radius 3 is 2.55 bits per heavy atom. The molecule has 1 fully saturated rings. The lowest BCUT2D eigenvalue weighted by atomic mass is 9.96. The second-order valence-corrected chi connectivity index (χ2v) is 5.89. The van der Waals surface area contributed by atoms with Crippen LogP contribution in [0.3, 0.4) is 0 Å². The zero-order valence-electron chi connectivity index (χ0n) is 11.2. The van der Waals surface area contributed by atoms with Gasteiger partial charge in [0.15, 0.2) is 11.5 Å². The molecule has 1 amide bonds. The molecule has 5 nitrogen and oxygen atoms in total. The molecule has 6 heteroatoms. The SMILES string of the molecule is CC(N)(C(=O)Nc1cc2c(cc1Cl)OCCO2)C1CC1. The van der Waals surface area contributed by atoms with Crippen molar-refractivity contribution in [1.82, 2.24) is 0 Å². The van der Waals surface area contributed by atoms with Gasteiger partial charge >= 0.3 is 0 Å². The second-order valence-electron chi connectivity index (χ2n) is 5.49. The van der Waals surface area contributed by atoms with Crippen molar-refractivity contribution in [3.63, 3.8) is 0 Å². The Kier molecular flexibility index (Phi) is 3.26. The van der Waals surface area contributed by atoms with E-state index in [9.17, 15) is 4.79 Å². The summed E-state index contributed by atoms with van der Waals surface area (Å²) in [5.41, 5.74) is 5.72. The largest absolute Gasteiger partial charge is 0.486 e. The first kappa shape index (κ1) is 13.5. The number of carbonyl (C=O) groups is 1. The van der Waals surface area contributed by atoms with Crippen LogP contribution in [0.25, 0.3) is 0 Å². The number of halogens is 1. The molecule has 1 aromatic carbocycles. The number of nitrogens with one attached hydrogen (secondary N) is 1. The van der Waals surface area contributed by atoms with Gasteiger partial charge in [-0.1, -0.05) is 11.6 Å². The fraction of sp³-hybridized carbons (Fsp3) is 0.500. The molecule has 1 aromatic rings. The monoisotopic (exact) mass is 296 g/mol. The van der Waals surface area contributed by atoms with Crippen molar-refractivity contribution in [1.29, 1.82) is 0 Å².